The van der Waals surface area contributed by atoms with E-state index in [0.29, 0.717) is 47.1 Å². The molecule has 0 aliphatic carbocycles. The third kappa shape index (κ3) is 3.33. The molecule has 1 atom stereocenters. The molecule has 1 fully saturated rings. The number of rotatable bonds is 5. The first-order valence-corrected chi connectivity index (χ1v) is 8.58. The average molecular weight is 367 g/mol. The first-order valence-electron chi connectivity index (χ1n) is 8.58. The Hall–Kier alpha value is -3.42. The summed E-state index contributed by atoms with van der Waals surface area (Å²) in [7, 11) is 0. The van der Waals surface area contributed by atoms with Crippen molar-refractivity contribution < 1.29 is 19.4 Å². The first kappa shape index (κ1) is 17.0. The van der Waals surface area contributed by atoms with Crippen LogP contribution in [0.15, 0.2) is 35.4 Å². The highest BCUT2D eigenvalue weighted by Crippen LogP contribution is 2.29. The Morgan fingerprint density at radius 3 is 2.85 bits per heavy atom. The number of ether oxygens (including phenoxy) is 1. The average Bonchev–Trinajstić information content (AvgIpc) is 3.06. The van der Waals surface area contributed by atoms with Crippen LogP contribution >= 0.6 is 0 Å². The summed E-state index contributed by atoms with van der Waals surface area (Å²) in [5, 5.41) is 14.4. The predicted molar refractivity (Wildman–Crippen MR) is 97.9 cm³/mol. The summed E-state index contributed by atoms with van der Waals surface area (Å²) in [5.74, 6) is -0.585. The second-order valence-electron chi connectivity index (χ2n) is 6.56. The molecule has 0 radical (unpaired) electrons. The number of carbonyl (C=O) groups excluding carboxylic acids is 1. The smallest absolute Gasteiger partial charge is 0.307 e. The van der Waals surface area contributed by atoms with Crippen molar-refractivity contribution in [1.29, 1.82) is 0 Å². The highest BCUT2D eigenvalue weighted by Gasteiger charge is 2.21. The monoisotopic (exact) mass is 367 g/mol. The Labute approximate surface area is 153 Å². The van der Waals surface area contributed by atoms with Crippen LogP contribution in [0, 0.1) is 0 Å². The number of aromatic nitrogens is 2. The number of benzene rings is 1. The van der Waals surface area contributed by atoms with Gasteiger partial charge in [0.25, 0.3) is 5.56 Å². The summed E-state index contributed by atoms with van der Waals surface area (Å²) in [6.45, 7) is 0.299. The molecule has 1 unspecified atom stereocenters. The SMILES string of the molecule is O=C(O)Cc1c[nH]c(=O)c2cc3ccnc(OCC4CCC(=O)N4)c3cc12. The largest absolute Gasteiger partial charge is 0.481 e. The first-order chi connectivity index (χ1) is 13.0. The van der Waals surface area contributed by atoms with Crippen LogP contribution in [0.1, 0.15) is 18.4 Å². The molecule has 1 aromatic carbocycles. The van der Waals surface area contributed by atoms with E-state index >= 15 is 0 Å². The highest BCUT2D eigenvalue weighted by molar-refractivity contribution is 6.01. The summed E-state index contributed by atoms with van der Waals surface area (Å²) in [6, 6.07) is 5.16. The van der Waals surface area contributed by atoms with Gasteiger partial charge in [0, 0.05) is 29.6 Å². The summed E-state index contributed by atoms with van der Waals surface area (Å²) in [5.41, 5.74) is 0.228. The zero-order valence-electron chi connectivity index (χ0n) is 14.3. The zero-order chi connectivity index (χ0) is 19.0. The summed E-state index contributed by atoms with van der Waals surface area (Å²) < 4.78 is 5.82. The third-order valence-electron chi connectivity index (χ3n) is 4.68. The summed E-state index contributed by atoms with van der Waals surface area (Å²) in [6.07, 6.45) is 4.01. The van der Waals surface area contributed by atoms with Gasteiger partial charge in [-0.3, -0.25) is 14.4 Å². The van der Waals surface area contributed by atoms with Crippen molar-refractivity contribution in [3.05, 3.63) is 46.5 Å². The molecular formula is C19H17N3O5. The minimum atomic E-state index is -0.983. The fraction of sp³-hybridized carbons (Fsp3) is 0.263. The van der Waals surface area contributed by atoms with Crippen LogP contribution in [-0.2, 0) is 16.0 Å². The molecule has 8 heteroatoms. The summed E-state index contributed by atoms with van der Waals surface area (Å²) >= 11 is 0. The van der Waals surface area contributed by atoms with E-state index in [9.17, 15) is 14.4 Å². The number of carboxylic acids is 1. The van der Waals surface area contributed by atoms with Crippen molar-refractivity contribution in [1.82, 2.24) is 15.3 Å². The number of aromatic amines is 1. The molecule has 4 rings (SSSR count). The topological polar surface area (TPSA) is 121 Å². The van der Waals surface area contributed by atoms with E-state index in [1.165, 1.54) is 6.20 Å². The fourth-order valence-electron chi connectivity index (χ4n) is 3.36. The molecule has 3 aromatic rings. The summed E-state index contributed by atoms with van der Waals surface area (Å²) in [4.78, 5) is 41.5. The second-order valence-corrected chi connectivity index (χ2v) is 6.56. The van der Waals surface area contributed by atoms with Crippen molar-refractivity contribution in [3.63, 3.8) is 0 Å². The number of amides is 1. The lowest BCUT2D eigenvalue weighted by Crippen LogP contribution is -2.31. The van der Waals surface area contributed by atoms with Crippen molar-refractivity contribution in [2.45, 2.75) is 25.3 Å². The number of fused-ring (bicyclic) bond motifs is 2. The van der Waals surface area contributed by atoms with Gasteiger partial charge in [0.15, 0.2) is 0 Å². The number of hydrogen-bond acceptors (Lipinski definition) is 5. The number of H-pyrrole nitrogens is 1. The van der Waals surface area contributed by atoms with Gasteiger partial charge < -0.3 is 20.1 Å². The van der Waals surface area contributed by atoms with Crippen LogP contribution in [0.4, 0.5) is 0 Å². The Balaban J connectivity index is 1.77. The van der Waals surface area contributed by atoms with E-state index < -0.39 is 5.97 Å². The van der Waals surface area contributed by atoms with E-state index in [-0.39, 0.29) is 23.9 Å². The van der Waals surface area contributed by atoms with E-state index in [1.807, 2.05) is 0 Å². The van der Waals surface area contributed by atoms with Crippen molar-refractivity contribution >= 4 is 33.4 Å². The predicted octanol–water partition coefficient (Wildman–Crippen LogP) is 1.36. The fourth-order valence-corrected chi connectivity index (χ4v) is 3.36. The van der Waals surface area contributed by atoms with Gasteiger partial charge in [-0.1, -0.05) is 0 Å². The van der Waals surface area contributed by atoms with Crippen LogP contribution < -0.4 is 15.6 Å². The molecule has 8 nitrogen and oxygen atoms in total. The molecular weight excluding hydrogens is 350 g/mol. The molecule has 2 aromatic heterocycles. The van der Waals surface area contributed by atoms with E-state index in [2.05, 4.69) is 15.3 Å². The molecule has 138 valence electrons. The lowest BCUT2D eigenvalue weighted by molar-refractivity contribution is -0.136. The normalized spacial score (nSPS) is 16.6. The maximum atomic E-state index is 12.2. The Morgan fingerprint density at radius 2 is 2.11 bits per heavy atom. The van der Waals surface area contributed by atoms with Crippen LogP contribution in [0.25, 0.3) is 21.5 Å². The van der Waals surface area contributed by atoms with Gasteiger partial charge in [0.05, 0.1) is 12.5 Å². The molecule has 0 saturated carbocycles. The number of hydrogen-bond donors (Lipinski definition) is 3. The number of nitrogens with zero attached hydrogens (tertiary/aromatic N) is 1. The van der Waals surface area contributed by atoms with Crippen LogP contribution in [-0.4, -0.2) is 39.6 Å². The van der Waals surface area contributed by atoms with Crippen LogP contribution in [0.5, 0.6) is 5.88 Å². The minimum Gasteiger partial charge on any atom is -0.481 e. The number of carbonyl (C=O) groups is 2. The molecule has 3 heterocycles. The Kier molecular flexibility index (Phi) is 4.23. The highest BCUT2D eigenvalue weighted by atomic mass is 16.5. The molecule has 27 heavy (non-hydrogen) atoms. The molecule has 0 bridgehead atoms. The maximum Gasteiger partial charge on any atom is 0.307 e. The van der Waals surface area contributed by atoms with Crippen LogP contribution in [0.3, 0.4) is 0 Å². The van der Waals surface area contributed by atoms with E-state index in [4.69, 9.17) is 9.84 Å². The van der Waals surface area contributed by atoms with Gasteiger partial charge in [0.1, 0.15) is 6.61 Å². The Morgan fingerprint density at radius 1 is 1.26 bits per heavy atom. The lowest BCUT2D eigenvalue weighted by atomic mass is 10.0. The van der Waals surface area contributed by atoms with Gasteiger partial charge in [-0.25, -0.2) is 4.98 Å². The molecule has 1 aliphatic heterocycles. The standard InChI is InChI=1S/C19H17N3O5/c23-16-2-1-12(22-16)9-27-19-14-7-13-11(6-17(24)25)8-21-18(26)15(13)5-10(14)3-4-20-19/h3-5,7-8,12H,1-2,6,9H2,(H,21,26)(H,22,23)(H,24,25). The number of pyridine rings is 2. The van der Waals surface area contributed by atoms with Gasteiger partial charge in [-0.2, -0.15) is 0 Å². The van der Waals surface area contributed by atoms with Gasteiger partial charge in [0.2, 0.25) is 11.8 Å². The quantitative estimate of drug-likeness (QED) is 0.586. The van der Waals surface area contributed by atoms with Crippen LogP contribution in [0.2, 0.25) is 0 Å². The molecule has 1 aliphatic rings. The number of aliphatic carboxylic acids is 1. The molecule has 0 spiro atoms. The Bertz CT molecular complexity index is 1120. The van der Waals surface area contributed by atoms with E-state index in [1.54, 1.807) is 24.4 Å². The van der Waals surface area contributed by atoms with Crippen molar-refractivity contribution in [2.75, 3.05) is 6.61 Å². The second kappa shape index (κ2) is 6.71. The molecule has 1 amide bonds. The van der Waals surface area contributed by atoms with Gasteiger partial charge in [-0.05, 0) is 41.0 Å². The van der Waals surface area contributed by atoms with Gasteiger partial charge >= 0.3 is 5.97 Å². The molecule has 1 saturated heterocycles. The lowest BCUT2D eigenvalue weighted by Gasteiger charge is -2.13. The maximum absolute atomic E-state index is 12.2. The van der Waals surface area contributed by atoms with E-state index in [0.717, 1.165) is 5.39 Å². The van der Waals surface area contributed by atoms with Crippen molar-refractivity contribution in [2.24, 2.45) is 0 Å². The van der Waals surface area contributed by atoms with Gasteiger partial charge in [-0.15, -0.1) is 0 Å². The zero-order valence-corrected chi connectivity index (χ0v) is 14.3. The molecule has 3 N–H and O–H groups in total. The number of nitrogens with one attached hydrogen (secondary N) is 2. The van der Waals surface area contributed by atoms with Crippen molar-refractivity contribution in [3.8, 4) is 5.88 Å². The minimum absolute atomic E-state index is 0.0120. The number of carboxylic acid groups (broad SMARTS) is 1. The third-order valence-corrected chi connectivity index (χ3v) is 4.68.